The van der Waals surface area contributed by atoms with Gasteiger partial charge < -0.3 is 10.4 Å². The summed E-state index contributed by atoms with van der Waals surface area (Å²) in [6, 6.07) is 15.3. The molecule has 0 aliphatic carbocycles. The van der Waals surface area contributed by atoms with Gasteiger partial charge in [-0.3, -0.25) is 0 Å². The van der Waals surface area contributed by atoms with Crippen molar-refractivity contribution in [3.63, 3.8) is 0 Å². The molecule has 0 radical (unpaired) electrons. The first-order valence-electron chi connectivity index (χ1n) is 5.89. The summed E-state index contributed by atoms with van der Waals surface area (Å²) in [4.78, 5) is 0. The van der Waals surface area contributed by atoms with Gasteiger partial charge in [0, 0.05) is 17.3 Å². The Balaban J connectivity index is 1.96. The van der Waals surface area contributed by atoms with Crippen LogP contribution in [0.1, 0.15) is 17.2 Å². The molecule has 1 unspecified atom stereocenters. The minimum Gasteiger partial charge on any atom is -0.387 e. The van der Waals surface area contributed by atoms with Crippen molar-refractivity contribution in [2.24, 2.45) is 0 Å². The van der Waals surface area contributed by atoms with Crippen LogP contribution >= 0.6 is 11.6 Å². The quantitative estimate of drug-likeness (QED) is 0.878. The van der Waals surface area contributed by atoms with Crippen LogP contribution in [0.25, 0.3) is 0 Å². The van der Waals surface area contributed by atoms with E-state index >= 15 is 0 Å². The Bertz CT molecular complexity index is 510. The van der Waals surface area contributed by atoms with Gasteiger partial charge in [-0.25, -0.2) is 0 Å². The number of aliphatic hydroxyl groups is 1. The van der Waals surface area contributed by atoms with Crippen LogP contribution in [0.15, 0.2) is 48.5 Å². The van der Waals surface area contributed by atoms with E-state index in [1.54, 1.807) is 0 Å². The Hall–Kier alpha value is -1.51. The first-order chi connectivity index (χ1) is 8.65. The maximum atomic E-state index is 10.1. The second kappa shape index (κ2) is 5.89. The molecule has 0 bridgehead atoms. The molecule has 94 valence electrons. The Morgan fingerprint density at radius 2 is 1.89 bits per heavy atom. The van der Waals surface area contributed by atoms with E-state index in [9.17, 15) is 5.11 Å². The molecule has 3 heteroatoms. The number of hydrogen-bond donors (Lipinski definition) is 2. The van der Waals surface area contributed by atoms with Gasteiger partial charge in [-0.2, -0.15) is 0 Å². The van der Waals surface area contributed by atoms with Crippen molar-refractivity contribution in [1.29, 1.82) is 0 Å². The van der Waals surface area contributed by atoms with Crippen molar-refractivity contribution in [2.45, 2.75) is 13.0 Å². The SMILES string of the molecule is Cc1cccc(C(O)CNc2ccc(Cl)cc2)c1. The van der Waals surface area contributed by atoms with Gasteiger partial charge >= 0.3 is 0 Å². The van der Waals surface area contributed by atoms with Crippen LogP contribution in [0.2, 0.25) is 5.02 Å². The summed E-state index contributed by atoms with van der Waals surface area (Å²) in [5.41, 5.74) is 3.03. The number of aliphatic hydroxyl groups excluding tert-OH is 1. The van der Waals surface area contributed by atoms with E-state index in [1.807, 2.05) is 55.5 Å². The molecule has 2 aromatic carbocycles. The summed E-state index contributed by atoms with van der Waals surface area (Å²) in [5, 5.41) is 14.0. The van der Waals surface area contributed by atoms with Crippen LogP contribution in [-0.4, -0.2) is 11.7 Å². The predicted octanol–water partition coefficient (Wildman–Crippen LogP) is 3.79. The molecule has 1 atom stereocenters. The number of benzene rings is 2. The lowest BCUT2D eigenvalue weighted by molar-refractivity contribution is 0.191. The van der Waals surface area contributed by atoms with Gasteiger partial charge in [0.15, 0.2) is 0 Å². The van der Waals surface area contributed by atoms with Gasteiger partial charge in [-0.1, -0.05) is 41.4 Å². The number of anilines is 1. The summed E-state index contributed by atoms with van der Waals surface area (Å²) in [5.74, 6) is 0. The van der Waals surface area contributed by atoms with Crippen molar-refractivity contribution in [1.82, 2.24) is 0 Å². The first kappa shape index (κ1) is 12.9. The average Bonchev–Trinajstić information content (AvgIpc) is 2.38. The molecule has 18 heavy (non-hydrogen) atoms. The monoisotopic (exact) mass is 261 g/mol. The number of halogens is 1. The molecule has 2 nitrogen and oxygen atoms in total. The van der Waals surface area contributed by atoms with Crippen molar-refractivity contribution >= 4 is 17.3 Å². The molecule has 0 aromatic heterocycles. The van der Waals surface area contributed by atoms with Crippen molar-refractivity contribution in [3.8, 4) is 0 Å². The summed E-state index contributed by atoms with van der Waals surface area (Å²) in [7, 11) is 0. The van der Waals surface area contributed by atoms with E-state index in [2.05, 4.69) is 5.32 Å². The van der Waals surface area contributed by atoms with E-state index in [1.165, 1.54) is 0 Å². The lowest BCUT2D eigenvalue weighted by Crippen LogP contribution is -2.12. The van der Waals surface area contributed by atoms with Crippen LogP contribution in [0, 0.1) is 6.92 Å². The largest absolute Gasteiger partial charge is 0.387 e. The summed E-state index contributed by atoms with van der Waals surface area (Å²) in [6.45, 7) is 2.49. The van der Waals surface area contributed by atoms with Gasteiger partial charge in [-0.15, -0.1) is 0 Å². The zero-order valence-corrected chi connectivity index (χ0v) is 11.0. The maximum Gasteiger partial charge on any atom is 0.0962 e. The highest BCUT2D eigenvalue weighted by atomic mass is 35.5. The fraction of sp³-hybridized carbons (Fsp3) is 0.200. The summed E-state index contributed by atoms with van der Waals surface area (Å²) >= 11 is 5.81. The van der Waals surface area contributed by atoms with Crippen LogP contribution in [0.5, 0.6) is 0 Å². The molecular weight excluding hydrogens is 246 g/mol. The molecule has 0 amide bonds. The van der Waals surface area contributed by atoms with Gasteiger partial charge in [0.05, 0.1) is 6.10 Å². The standard InChI is InChI=1S/C15H16ClNO/c1-11-3-2-4-12(9-11)15(18)10-17-14-7-5-13(16)6-8-14/h2-9,15,17-18H,10H2,1H3. The molecule has 0 aliphatic rings. The molecule has 0 heterocycles. The van der Waals surface area contributed by atoms with E-state index in [0.717, 1.165) is 16.8 Å². The number of aryl methyl sites for hydroxylation is 1. The molecule has 0 fully saturated rings. The highest BCUT2D eigenvalue weighted by Crippen LogP contribution is 2.17. The molecule has 0 saturated carbocycles. The van der Waals surface area contributed by atoms with E-state index in [-0.39, 0.29) is 0 Å². The topological polar surface area (TPSA) is 32.3 Å². The zero-order valence-electron chi connectivity index (χ0n) is 10.2. The average molecular weight is 262 g/mol. The Labute approximate surface area is 112 Å². The lowest BCUT2D eigenvalue weighted by atomic mass is 10.1. The number of hydrogen-bond acceptors (Lipinski definition) is 2. The highest BCUT2D eigenvalue weighted by molar-refractivity contribution is 6.30. The maximum absolute atomic E-state index is 10.1. The summed E-state index contributed by atoms with van der Waals surface area (Å²) in [6.07, 6.45) is -0.513. The molecular formula is C15H16ClNO. The minimum absolute atomic E-state index is 0.477. The molecule has 0 spiro atoms. The smallest absolute Gasteiger partial charge is 0.0962 e. The van der Waals surface area contributed by atoms with Crippen LogP contribution in [0.4, 0.5) is 5.69 Å². The lowest BCUT2D eigenvalue weighted by Gasteiger charge is -2.13. The van der Waals surface area contributed by atoms with Crippen LogP contribution < -0.4 is 5.32 Å². The second-order valence-corrected chi connectivity index (χ2v) is 4.75. The van der Waals surface area contributed by atoms with Gasteiger partial charge in [0.25, 0.3) is 0 Å². The Morgan fingerprint density at radius 3 is 2.56 bits per heavy atom. The van der Waals surface area contributed by atoms with E-state index < -0.39 is 6.10 Å². The third-order valence-electron chi connectivity index (χ3n) is 2.77. The van der Waals surface area contributed by atoms with Crippen LogP contribution in [-0.2, 0) is 0 Å². The third-order valence-corrected chi connectivity index (χ3v) is 3.02. The number of nitrogens with one attached hydrogen (secondary N) is 1. The van der Waals surface area contributed by atoms with Gasteiger partial charge in [0.2, 0.25) is 0 Å². The van der Waals surface area contributed by atoms with E-state index in [4.69, 9.17) is 11.6 Å². The van der Waals surface area contributed by atoms with Crippen LogP contribution in [0.3, 0.4) is 0 Å². The fourth-order valence-electron chi connectivity index (χ4n) is 1.78. The minimum atomic E-state index is -0.513. The normalized spacial score (nSPS) is 12.2. The Morgan fingerprint density at radius 1 is 1.17 bits per heavy atom. The summed E-state index contributed by atoms with van der Waals surface area (Å²) < 4.78 is 0. The molecule has 2 N–H and O–H groups in total. The number of rotatable bonds is 4. The fourth-order valence-corrected chi connectivity index (χ4v) is 1.90. The molecule has 0 saturated heterocycles. The Kier molecular flexibility index (Phi) is 4.24. The van der Waals surface area contributed by atoms with E-state index in [0.29, 0.717) is 11.6 Å². The molecule has 2 rings (SSSR count). The van der Waals surface area contributed by atoms with Crippen molar-refractivity contribution in [3.05, 3.63) is 64.7 Å². The first-order valence-corrected chi connectivity index (χ1v) is 6.27. The highest BCUT2D eigenvalue weighted by Gasteiger charge is 2.06. The second-order valence-electron chi connectivity index (χ2n) is 4.32. The van der Waals surface area contributed by atoms with Gasteiger partial charge in [-0.05, 0) is 36.8 Å². The predicted molar refractivity (Wildman–Crippen MR) is 76.1 cm³/mol. The van der Waals surface area contributed by atoms with Crippen molar-refractivity contribution < 1.29 is 5.11 Å². The molecule has 2 aromatic rings. The van der Waals surface area contributed by atoms with Crippen molar-refractivity contribution in [2.75, 3.05) is 11.9 Å². The third kappa shape index (κ3) is 3.49. The zero-order chi connectivity index (χ0) is 13.0. The van der Waals surface area contributed by atoms with Gasteiger partial charge in [0.1, 0.15) is 0 Å². The molecule has 0 aliphatic heterocycles.